The first-order chi connectivity index (χ1) is 19.3. The summed E-state index contributed by atoms with van der Waals surface area (Å²) in [6.45, 7) is 2.16. The molecule has 0 bridgehead atoms. The van der Waals surface area contributed by atoms with Gasteiger partial charge in [-0.3, -0.25) is 0 Å². The molecule has 0 atom stereocenters. The van der Waals surface area contributed by atoms with Crippen LogP contribution in [0, 0.1) is 6.92 Å². The van der Waals surface area contributed by atoms with Gasteiger partial charge in [0.25, 0.3) is 0 Å². The second-order valence-corrected chi connectivity index (χ2v) is 10.3. The van der Waals surface area contributed by atoms with E-state index in [1.807, 2.05) is 0 Å². The molecule has 0 saturated carbocycles. The van der Waals surface area contributed by atoms with Crippen molar-refractivity contribution in [2.75, 3.05) is 0 Å². The van der Waals surface area contributed by atoms with Crippen molar-refractivity contribution < 1.29 is 0 Å². The molecule has 0 unspecified atom stereocenters. The van der Waals surface area contributed by atoms with Crippen LogP contribution in [0.25, 0.3) is 66.1 Å². The van der Waals surface area contributed by atoms with Gasteiger partial charge < -0.3 is 9.13 Å². The number of aromatic nitrogens is 2. The average molecular weight is 499 g/mol. The van der Waals surface area contributed by atoms with Crippen LogP contribution in [-0.4, -0.2) is 9.13 Å². The molecule has 8 rings (SSSR count). The Kier molecular flexibility index (Phi) is 4.77. The zero-order valence-electron chi connectivity index (χ0n) is 21.7. The smallest absolute Gasteiger partial charge is 0.0543 e. The highest BCUT2D eigenvalue weighted by atomic mass is 15.0. The fraction of sp³-hybridized carbons (Fsp3) is 0.0270. The number of rotatable bonds is 3. The Morgan fingerprint density at radius 2 is 0.744 bits per heavy atom. The van der Waals surface area contributed by atoms with Gasteiger partial charge in [0, 0.05) is 32.9 Å². The predicted octanol–water partition coefficient (Wildman–Crippen LogP) is 9.86. The van der Waals surface area contributed by atoms with E-state index in [0.717, 1.165) is 0 Å². The number of aryl methyl sites for hydroxylation is 1. The summed E-state index contributed by atoms with van der Waals surface area (Å²) in [6.07, 6.45) is 0. The average Bonchev–Trinajstić information content (AvgIpc) is 3.50. The topological polar surface area (TPSA) is 9.86 Å². The quantitative estimate of drug-likeness (QED) is 0.229. The molecule has 0 amide bonds. The van der Waals surface area contributed by atoms with Gasteiger partial charge in [0.15, 0.2) is 0 Å². The van der Waals surface area contributed by atoms with E-state index >= 15 is 0 Å². The van der Waals surface area contributed by atoms with Gasteiger partial charge in [0.2, 0.25) is 0 Å². The first-order valence-corrected chi connectivity index (χ1v) is 13.5. The van der Waals surface area contributed by atoms with Gasteiger partial charge in [-0.15, -0.1) is 0 Å². The molecule has 0 saturated heterocycles. The number of benzene rings is 6. The highest BCUT2D eigenvalue weighted by molar-refractivity contribution is 6.10. The van der Waals surface area contributed by atoms with E-state index in [1.54, 1.807) is 0 Å². The maximum Gasteiger partial charge on any atom is 0.0543 e. The van der Waals surface area contributed by atoms with Crippen molar-refractivity contribution in [1.82, 2.24) is 9.13 Å². The van der Waals surface area contributed by atoms with Crippen LogP contribution < -0.4 is 0 Å². The Labute approximate surface area is 227 Å². The van der Waals surface area contributed by atoms with E-state index in [1.165, 1.54) is 71.7 Å². The summed E-state index contributed by atoms with van der Waals surface area (Å²) in [5.41, 5.74) is 11.0. The third kappa shape index (κ3) is 3.35. The van der Waals surface area contributed by atoms with Crippen LogP contribution in [0.2, 0.25) is 0 Å². The van der Waals surface area contributed by atoms with E-state index in [4.69, 9.17) is 0 Å². The van der Waals surface area contributed by atoms with E-state index in [-0.39, 0.29) is 0 Å². The molecule has 0 N–H and O–H groups in total. The van der Waals surface area contributed by atoms with Crippen molar-refractivity contribution in [3.8, 4) is 22.5 Å². The van der Waals surface area contributed by atoms with Crippen molar-refractivity contribution in [3.05, 3.63) is 145 Å². The molecule has 2 heteroatoms. The van der Waals surface area contributed by atoms with Gasteiger partial charge in [-0.05, 0) is 72.1 Å². The molecule has 2 nitrogen and oxygen atoms in total. The second-order valence-electron chi connectivity index (χ2n) is 10.3. The van der Waals surface area contributed by atoms with Gasteiger partial charge in [-0.1, -0.05) is 91.0 Å². The Hall–Kier alpha value is -5.08. The molecule has 0 spiro atoms. The van der Waals surface area contributed by atoms with Crippen LogP contribution in [0.4, 0.5) is 0 Å². The lowest BCUT2D eigenvalue weighted by molar-refractivity contribution is 1.17. The van der Waals surface area contributed by atoms with E-state index in [0.29, 0.717) is 0 Å². The third-order valence-corrected chi connectivity index (χ3v) is 7.99. The Bertz CT molecular complexity index is 2100. The number of para-hydroxylation sites is 3. The maximum absolute atomic E-state index is 2.38. The standard InChI is InChI=1S/C37H26N2/c1-25-14-23-33-32-10-4-7-13-36(32)39(37(33)24-25)29-21-17-27(18-22-29)26-15-19-28(20-16-26)38-34-11-5-2-8-30(34)31-9-3-6-12-35(31)38/h2-24H,1H3. The highest BCUT2D eigenvalue weighted by Gasteiger charge is 2.13. The fourth-order valence-electron chi connectivity index (χ4n) is 6.17. The second kappa shape index (κ2) is 8.47. The SMILES string of the molecule is Cc1ccc2c3ccccc3n(-c3ccc(-c4ccc(-n5c6ccccc6c6ccccc65)cc4)cc3)c2c1. The first-order valence-electron chi connectivity index (χ1n) is 13.5. The zero-order chi connectivity index (χ0) is 25.9. The molecule has 8 aromatic rings. The minimum absolute atomic E-state index is 1.17. The minimum atomic E-state index is 1.17. The molecule has 2 aromatic heterocycles. The van der Waals surface area contributed by atoms with Gasteiger partial charge in [0.05, 0.1) is 22.1 Å². The summed E-state index contributed by atoms with van der Waals surface area (Å²) in [7, 11) is 0. The first kappa shape index (κ1) is 22.0. The molecule has 0 aliphatic carbocycles. The van der Waals surface area contributed by atoms with E-state index in [2.05, 4.69) is 156 Å². The Morgan fingerprint density at radius 3 is 1.21 bits per heavy atom. The molecule has 39 heavy (non-hydrogen) atoms. The summed E-state index contributed by atoms with van der Waals surface area (Å²) >= 11 is 0. The van der Waals surface area contributed by atoms with Crippen molar-refractivity contribution in [2.45, 2.75) is 6.92 Å². The Balaban J connectivity index is 1.20. The zero-order valence-corrected chi connectivity index (χ0v) is 21.7. The summed E-state index contributed by atoms with van der Waals surface area (Å²) < 4.78 is 4.74. The van der Waals surface area contributed by atoms with Crippen LogP contribution in [0.1, 0.15) is 5.56 Å². The molecule has 0 fully saturated rings. The maximum atomic E-state index is 2.38. The van der Waals surface area contributed by atoms with Crippen LogP contribution in [0.5, 0.6) is 0 Å². The molecule has 6 aromatic carbocycles. The molecule has 2 heterocycles. The number of fused-ring (bicyclic) bond motifs is 6. The summed E-state index contributed by atoms with van der Waals surface area (Å²) in [5, 5.41) is 5.15. The fourth-order valence-corrected chi connectivity index (χ4v) is 6.17. The minimum Gasteiger partial charge on any atom is -0.309 e. The molecule has 0 aliphatic rings. The number of hydrogen-bond acceptors (Lipinski definition) is 0. The summed E-state index contributed by atoms with van der Waals surface area (Å²) in [4.78, 5) is 0. The van der Waals surface area contributed by atoms with Crippen LogP contribution in [-0.2, 0) is 0 Å². The lowest BCUT2D eigenvalue weighted by atomic mass is 10.0. The summed E-state index contributed by atoms with van der Waals surface area (Å²) in [5.74, 6) is 0. The van der Waals surface area contributed by atoms with Crippen LogP contribution in [0.15, 0.2) is 140 Å². The lowest BCUT2D eigenvalue weighted by Crippen LogP contribution is -1.94. The van der Waals surface area contributed by atoms with Crippen molar-refractivity contribution in [3.63, 3.8) is 0 Å². The summed E-state index contributed by atoms with van der Waals surface area (Å²) in [6, 6.07) is 50.6. The monoisotopic (exact) mass is 498 g/mol. The van der Waals surface area contributed by atoms with Crippen molar-refractivity contribution in [2.24, 2.45) is 0 Å². The van der Waals surface area contributed by atoms with Gasteiger partial charge >= 0.3 is 0 Å². The molecular weight excluding hydrogens is 472 g/mol. The van der Waals surface area contributed by atoms with E-state index < -0.39 is 0 Å². The van der Waals surface area contributed by atoms with Crippen LogP contribution in [0.3, 0.4) is 0 Å². The number of hydrogen-bond donors (Lipinski definition) is 0. The number of nitrogens with zero attached hydrogens (tertiary/aromatic N) is 2. The van der Waals surface area contributed by atoms with Gasteiger partial charge in [0.1, 0.15) is 0 Å². The molecular formula is C37H26N2. The highest BCUT2D eigenvalue weighted by Crippen LogP contribution is 2.35. The van der Waals surface area contributed by atoms with Crippen molar-refractivity contribution in [1.29, 1.82) is 0 Å². The normalized spacial score (nSPS) is 11.7. The molecule has 0 radical (unpaired) electrons. The predicted molar refractivity (Wildman–Crippen MR) is 165 cm³/mol. The molecule has 0 aliphatic heterocycles. The van der Waals surface area contributed by atoms with Crippen LogP contribution >= 0.6 is 0 Å². The van der Waals surface area contributed by atoms with Crippen molar-refractivity contribution >= 4 is 43.6 Å². The van der Waals surface area contributed by atoms with E-state index in [9.17, 15) is 0 Å². The lowest BCUT2D eigenvalue weighted by Gasteiger charge is -2.11. The third-order valence-electron chi connectivity index (χ3n) is 7.99. The Morgan fingerprint density at radius 1 is 0.359 bits per heavy atom. The van der Waals surface area contributed by atoms with Gasteiger partial charge in [-0.25, -0.2) is 0 Å². The molecule has 184 valence electrons. The largest absolute Gasteiger partial charge is 0.309 e. The van der Waals surface area contributed by atoms with Gasteiger partial charge in [-0.2, -0.15) is 0 Å².